The number of nitrogens with one attached hydrogen (secondary N) is 2. The van der Waals surface area contributed by atoms with Crippen LogP contribution in [0.5, 0.6) is 0 Å². The van der Waals surface area contributed by atoms with Crippen molar-refractivity contribution >= 4 is 28.5 Å². The van der Waals surface area contributed by atoms with Gasteiger partial charge in [-0.15, -0.1) is 0 Å². The summed E-state index contributed by atoms with van der Waals surface area (Å²) in [5, 5.41) is 5.77. The highest BCUT2D eigenvalue weighted by molar-refractivity contribution is 6.00. The Bertz CT molecular complexity index is 1120. The minimum Gasteiger partial charge on any atom is -0.383 e. The Morgan fingerprint density at radius 3 is 2.51 bits per heavy atom. The largest absolute Gasteiger partial charge is 0.383 e. The summed E-state index contributed by atoms with van der Waals surface area (Å²) in [5.74, 6) is -3.22. The highest BCUT2D eigenvalue weighted by atomic mass is 19.3. The molecule has 2 N–H and O–H groups in total. The molecule has 2 aromatic rings. The number of unbranched alkanes of at least 4 members (excludes halogenated alkanes) is 4. The Hall–Kier alpha value is -2.75. The average Bonchev–Trinajstić information content (AvgIpc) is 3.07. The van der Waals surface area contributed by atoms with Gasteiger partial charge in [-0.2, -0.15) is 0 Å². The van der Waals surface area contributed by atoms with Crippen molar-refractivity contribution in [2.24, 2.45) is 7.05 Å². The van der Waals surface area contributed by atoms with Crippen LogP contribution in [0.4, 0.5) is 14.5 Å². The number of alkyl halides is 2. The van der Waals surface area contributed by atoms with E-state index in [4.69, 9.17) is 0 Å². The zero-order chi connectivity index (χ0) is 25.0. The van der Waals surface area contributed by atoms with Gasteiger partial charge in [0.25, 0.3) is 5.92 Å². The third-order valence-electron chi connectivity index (χ3n) is 7.18. The molecule has 2 saturated heterocycles. The second-order valence-electron chi connectivity index (χ2n) is 9.74. The number of benzene rings is 1. The molecule has 0 radical (unpaired) electrons. The van der Waals surface area contributed by atoms with E-state index in [0.29, 0.717) is 25.0 Å². The lowest BCUT2D eigenvalue weighted by Gasteiger charge is -2.31. The van der Waals surface area contributed by atoms with Gasteiger partial charge in [0.15, 0.2) is 0 Å². The average molecular weight is 492 g/mol. The van der Waals surface area contributed by atoms with Gasteiger partial charge in [-0.05, 0) is 37.9 Å². The maximum Gasteiger partial charge on any atom is 0.329 e. The second kappa shape index (κ2) is 10.9. The summed E-state index contributed by atoms with van der Waals surface area (Å²) >= 11 is 0. The first-order valence-corrected chi connectivity index (χ1v) is 12.6. The molecule has 0 spiro atoms. The van der Waals surface area contributed by atoms with E-state index in [2.05, 4.69) is 15.5 Å². The Morgan fingerprint density at radius 2 is 1.77 bits per heavy atom. The predicted octanol–water partition coefficient (Wildman–Crippen LogP) is 3.41. The highest BCUT2D eigenvalue weighted by Crippen LogP contribution is 2.28. The number of likely N-dealkylation sites (tertiary alicyclic amines) is 1. The molecular weight excluding hydrogens is 456 g/mol. The van der Waals surface area contributed by atoms with E-state index in [-0.39, 0.29) is 30.9 Å². The molecule has 3 heterocycles. The SMILES string of the molecule is Cn1c(=O)n(C2CCC(=O)NC2=O)c2cccc(NCCCCCCCN3CCC(F)(F)CC3)c21. The first kappa shape index (κ1) is 25.3. The van der Waals surface area contributed by atoms with Gasteiger partial charge in [0.1, 0.15) is 6.04 Å². The fraction of sp³-hybridized carbons (Fsp3) is 0.640. The lowest BCUT2D eigenvalue weighted by molar-refractivity contribution is -0.135. The number of nitrogens with zero attached hydrogens (tertiary/aromatic N) is 3. The molecule has 0 bridgehead atoms. The number of fused-ring (bicyclic) bond motifs is 1. The number of piperidine rings is 2. The lowest BCUT2D eigenvalue weighted by atomic mass is 10.1. The van der Waals surface area contributed by atoms with Gasteiger partial charge >= 0.3 is 5.69 Å². The minimum absolute atomic E-state index is 0.0199. The molecular formula is C25H35F2N5O3. The van der Waals surface area contributed by atoms with Crippen LogP contribution in [0.3, 0.4) is 0 Å². The molecule has 8 nitrogen and oxygen atoms in total. The van der Waals surface area contributed by atoms with Crippen LogP contribution in [-0.4, -0.2) is 58.0 Å². The van der Waals surface area contributed by atoms with E-state index >= 15 is 0 Å². The fourth-order valence-electron chi connectivity index (χ4n) is 5.13. The normalized spacial score (nSPS) is 20.8. The summed E-state index contributed by atoms with van der Waals surface area (Å²) < 4.78 is 29.5. The first-order valence-electron chi connectivity index (χ1n) is 12.6. The van der Waals surface area contributed by atoms with Crippen LogP contribution in [0, 0.1) is 0 Å². The van der Waals surface area contributed by atoms with Gasteiger partial charge in [-0.1, -0.05) is 25.3 Å². The molecule has 2 aliphatic rings. The van der Waals surface area contributed by atoms with Crippen LogP contribution in [0.15, 0.2) is 23.0 Å². The van der Waals surface area contributed by atoms with Gasteiger partial charge in [0, 0.05) is 45.9 Å². The molecule has 10 heteroatoms. The number of carbonyl (C=O) groups is 2. The van der Waals surface area contributed by atoms with E-state index in [9.17, 15) is 23.2 Å². The monoisotopic (exact) mass is 491 g/mol. The maximum atomic E-state index is 13.2. The van der Waals surface area contributed by atoms with Crippen molar-refractivity contribution in [2.45, 2.75) is 69.8 Å². The van der Waals surface area contributed by atoms with E-state index < -0.39 is 17.9 Å². The van der Waals surface area contributed by atoms with Gasteiger partial charge in [-0.25, -0.2) is 13.6 Å². The van der Waals surface area contributed by atoms with Crippen molar-refractivity contribution in [3.63, 3.8) is 0 Å². The Labute approximate surface area is 203 Å². The summed E-state index contributed by atoms with van der Waals surface area (Å²) in [4.78, 5) is 39.0. The molecule has 2 fully saturated rings. The maximum absolute atomic E-state index is 13.2. The van der Waals surface area contributed by atoms with Gasteiger partial charge in [0.2, 0.25) is 11.8 Å². The van der Waals surface area contributed by atoms with Crippen molar-refractivity contribution in [2.75, 3.05) is 31.5 Å². The van der Waals surface area contributed by atoms with Crippen molar-refractivity contribution in [3.8, 4) is 0 Å². The number of anilines is 1. The third-order valence-corrected chi connectivity index (χ3v) is 7.18. The number of hydrogen-bond acceptors (Lipinski definition) is 5. The number of imidazole rings is 1. The van der Waals surface area contributed by atoms with E-state index in [0.717, 1.165) is 56.4 Å². The first-order chi connectivity index (χ1) is 16.8. The van der Waals surface area contributed by atoms with Crippen LogP contribution in [-0.2, 0) is 16.6 Å². The standard InChI is InChI=1S/C25H35F2N5O3/c1-30-22-18(28-14-5-3-2-4-6-15-31-16-12-25(26,27)13-17-31)8-7-9-19(22)32(24(30)35)20-10-11-21(33)29-23(20)34/h7-9,20,28H,2-6,10-17H2,1H3,(H,29,33,34). The molecule has 0 aliphatic carbocycles. The molecule has 2 amide bonds. The second-order valence-corrected chi connectivity index (χ2v) is 9.74. The Morgan fingerprint density at radius 1 is 1.06 bits per heavy atom. The highest BCUT2D eigenvalue weighted by Gasteiger charge is 2.33. The fourth-order valence-corrected chi connectivity index (χ4v) is 5.13. The number of aryl methyl sites for hydroxylation is 1. The number of halogens is 2. The molecule has 1 unspecified atom stereocenters. The van der Waals surface area contributed by atoms with Crippen molar-refractivity contribution in [1.29, 1.82) is 0 Å². The molecule has 1 aromatic carbocycles. The minimum atomic E-state index is -2.48. The number of aromatic nitrogens is 2. The zero-order valence-electron chi connectivity index (χ0n) is 20.3. The van der Waals surface area contributed by atoms with Gasteiger partial charge in [0.05, 0.1) is 16.7 Å². The molecule has 35 heavy (non-hydrogen) atoms. The van der Waals surface area contributed by atoms with Crippen molar-refractivity contribution < 1.29 is 18.4 Å². The lowest BCUT2D eigenvalue weighted by Crippen LogP contribution is -2.44. The molecule has 1 atom stereocenters. The van der Waals surface area contributed by atoms with Crippen LogP contribution in [0.1, 0.15) is 63.8 Å². The van der Waals surface area contributed by atoms with Crippen molar-refractivity contribution in [3.05, 3.63) is 28.7 Å². The molecule has 1 aromatic heterocycles. The number of amides is 2. The van der Waals surface area contributed by atoms with Gasteiger partial charge < -0.3 is 10.2 Å². The zero-order valence-corrected chi connectivity index (χ0v) is 20.3. The molecule has 192 valence electrons. The third kappa shape index (κ3) is 5.91. The summed E-state index contributed by atoms with van der Waals surface area (Å²) in [6, 6.07) is 4.93. The van der Waals surface area contributed by atoms with Gasteiger partial charge in [-0.3, -0.25) is 24.0 Å². The number of imide groups is 1. The van der Waals surface area contributed by atoms with Crippen LogP contribution >= 0.6 is 0 Å². The predicted molar refractivity (Wildman–Crippen MR) is 131 cm³/mol. The molecule has 4 rings (SSSR count). The Kier molecular flexibility index (Phi) is 7.88. The summed E-state index contributed by atoms with van der Waals surface area (Å²) in [6.07, 6.45) is 5.75. The number of carbonyl (C=O) groups excluding carboxylic acids is 2. The quantitative estimate of drug-likeness (QED) is 0.393. The number of hydrogen-bond donors (Lipinski definition) is 2. The van der Waals surface area contributed by atoms with Crippen LogP contribution < -0.4 is 16.3 Å². The summed E-state index contributed by atoms with van der Waals surface area (Å²) in [5.41, 5.74) is 1.98. The summed E-state index contributed by atoms with van der Waals surface area (Å²) in [7, 11) is 1.70. The van der Waals surface area contributed by atoms with E-state index in [1.807, 2.05) is 18.2 Å². The topological polar surface area (TPSA) is 88.4 Å². The smallest absolute Gasteiger partial charge is 0.329 e. The molecule has 2 aliphatic heterocycles. The summed E-state index contributed by atoms with van der Waals surface area (Å²) in [6.45, 7) is 2.65. The molecule has 0 saturated carbocycles. The van der Waals surface area contributed by atoms with Crippen molar-refractivity contribution in [1.82, 2.24) is 19.4 Å². The van der Waals surface area contributed by atoms with E-state index in [1.54, 1.807) is 11.6 Å². The van der Waals surface area contributed by atoms with Crippen LogP contribution in [0.2, 0.25) is 0 Å². The Balaban J connectivity index is 1.25. The number of para-hydroxylation sites is 1. The van der Waals surface area contributed by atoms with Crippen LogP contribution in [0.25, 0.3) is 11.0 Å². The van der Waals surface area contributed by atoms with E-state index in [1.165, 1.54) is 4.57 Å². The number of rotatable bonds is 10.